The molecule has 0 saturated carbocycles. The molecule has 1 aliphatic rings. The zero-order valence-corrected chi connectivity index (χ0v) is 7.63. The van der Waals surface area contributed by atoms with E-state index in [9.17, 15) is 4.79 Å². The number of hydrogen-bond acceptors (Lipinski definition) is 2. The Morgan fingerprint density at radius 1 is 1.36 bits per heavy atom. The quantitative estimate of drug-likeness (QED) is 0.668. The smallest absolute Gasteiger partial charge is 0.166 e. The van der Waals surface area contributed by atoms with Gasteiger partial charge in [0.25, 0.3) is 0 Å². The van der Waals surface area contributed by atoms with E-state index in [0.29, 0.717) is 5.69 Å². The molecule has 1 aromatic heterocycles. The average molecular weight is 186 g/mol. The SMILES string of the molecule is O=Cc1cc2c3c(ccc2[nH]1)NCC3. The van der Waals surface area contributed by atoms with Crippen molar-refractivity contribution < 1.29 is 4.79 Å². The molecule has 0 radical (unpaired) electrons. The van der Waals surface area contributed by atoms with Crippen LogP contribution in [-0.2, 0) is 6.42 Å². The number of hydrogen-bond donors (Lipinski definition) is 2. The second kappa shape index (κ2) is 2.61. The molecule has 0 bridgehead atoms. The monoisotopic (exact) mass is 186 g/mol. The van der Waals surface area contributed by atoms with Crippen molar-refractivity contribution >= 4 is 22.9 Å². The molecule has 0 fully saturated rings. The van der Waals surface area contributed by atoms with Gasteiger partial charge in [0.2, 0.25) is 0 Å². The Morgan fingerprint density at radius 3 is 3.14 bits per heavy atom. The van der Waals surface area contributed by atoms with E-state index < -0.39 is 0 Å². The lowest BCUT2D eigenvalue weighted by Gasteiger charge is -1.99. The number of fused-ring (bicyclic) bond motifs is 3. The molecule has 0 amide bonds. The van der Waals surface area contributed by atoms with Gasteiger partial charge >= 0.3 is 0 Å². The summed E-state index contributed by atoms with van der Waals surface area (Å²) in [6, 6.07) is 6.00. The summed E-state index contributed by atoms with van der Waals surface area (Å²) in [6.07, 6.45) is 1.90. The first-order valence-electron chi connectivity index (χ1n) is 4.72. The van der Waals surface area contributed by atoms with Gasteiger partial charge in [0.1, 0.15) is 0 Å². The van der Waals surface area contributed by atoms with Crippen LogP contribution in [0.5, 0.6) is 0 Å². The lowest BCUT2D eigenvalue weighted by molar-refractivity contribution is 0.112. The molecular formula is C11H10N2O. The fourth-order valence-corrected chi connectivity index (χ4v) is 2.11. The lowest BCUT2D eigenvalue weighted by Crippen LogP contribution is -1.90. The van der Waals surface area contributed by atoms with E-state index in [4.69, 9.17) is 0 Å². The van der Waals surface area contributed by atoms with E-state index in [0.717, 1.165) is 24.8 Å². The van der Waals surface area contributed by atoms with Gasteiger partial charge < -0.3 is 10.3 Å². The number of aromatic nitrogens is 1. The van der Waals surface area contributed by atoms with Crippen LogP contribution in [-0.4, -0.2) is 17.8 Å². The van der Waals surface area contributed by atoms with Gasteiger partial charge in [-0.25, -0.2) is 0 Å². The third kappa shape index (κ3) is 0.894. The van der Waals surface area contributed by atoms with Crippen LogP contribution in [0.15, 0.2) is 18.2 Å². The Morgan fingerprint density at radius 2 is 2.29 bits per heavy atom. The van der Waals surface area contributed by atoms with Crippen LogP contribution < -0.4 is 5.32 Å². The molecule has 1 aliphatic heterocycles. The van der Waals surface area contributed by atoms with Crippen molar-refractivity contribution in [1.82, 2.24) is 4.98 Å². The minimum Gasteiger partial charge on any atom is -0.384 e. The van der Waals surface area contributed by atoms with Crippen molar-refractivity contribution in [2.75, 3.05) is 11.9 Å². The lowest BCUT2D eigenvalue weighted by atomic mass is 10.1. The molecule has 2 aromatic rings. The van der Waals surface area contributed by atoms with E-state index in [1.807, 2.05) is 12.1 Å². The molecule has 3 heteroatoms. The first-order chi connectivity index (χ1) is 6.88. The number of nitrogens with one attached hydrogen (secondary N) is 2. The molecular weight excluding hydrogens is 176 g/mol. The van der Waals surface area contributed by atoms with E-state index in [1.165, 1.54) is 16.6 Å². The second-order valence-corrected chi connectivity index (χ2v) is 3.57. The third-order valence-corrected chi connectivity index (χ3v) is 2.75. The topological polar surface area (TPSA) is 44.9 Å². The number of aldehydes is 1. The van der Waals surface area contributed by atoms with Gasteiger partial charge in [0.05, 0.1) is 5.69 Å². The van der Waals surface area contributed by atoms with Crippen molar-refractivity contribution in [2.24, 2.45) is 0 Å². The summed E-state index contributed by atoms with van der Waals surface area (Å²) < 4.78 is 0. The normalized spacial score (nSPS) is 14.0. The first-order valence-corrected chi connectivity index (χ1v) is 4.72. The molecule has 3 rings (SSSR count). The summed E-state index contributed by atoms with van der Waals surface area (Å²) in [7, 11) is 0. The predicted octanol–water partition coefficient (Wildman–Crippen LogP) is 1.95. The summed E-state index contributed by atoms with van der Waals surface area (Å²) >= 11 is 0. The number of benzene rings is 1. The number of carbonyl (C=O) groups excluding carboxylic acids is 1. The van der Waals surface area contributed by atoms with Crippen molar-refractivity contribution in [2.45, 2.75) is 6.42 Å². The van der Waals surface area contributed by atoms with Gasteiger partial charge in [0, 0.05) is 23.1 Å². The number of rotatable bonds is 1. The van der Waals surface area contributed by atoms with Gasteiger partial charge in [-0.2, -0.15) is 0 Å². The highest BCUT2D eigenvalue weighted by atomic mass is 16.1. The summed E-state index contributed by atoms with van der Waals surface area (Å²) in [5.41, 5.74) is 4.23. The summed E-state index contributed by atoms with van der Waals surface area (Å²) in [4.78, 5) is 13.7. The highest BCUT2D eigenvalue weighted by Crippen LogP contribution is 2.30. The molecule has 2 N–H and O–H groups in total. The fraction of sp³-hybridized carbons (Fsp3) is 0.182. The maximum atomic E-state index is 10.6. The first kappa shape index (κ1) is 7.62. The van der Waals surface area contributed by atoms with Crippen LogP contribution in [0.25, 0.3) is 10.9 Å². The van der Waals surface area contributed by atoms with Gasteiger partial charge in [-0.05, 0) is 30.2 Å². The molecule has 0 unspecified atom stereocenters. The maximum absolute atomic E-state index is 10.6. The minimum absolute atomic E-state index is 0.653. The Balaban J connectivity index is 2.36. The summed E-state index contributed by atoms with van der Waals surface area (Å²) in [5.74, 6) is 0. The highest BCUT2D eigenvalue weighted by molar-refractivity contribution is 5.93. The van der Waals surface area contributed by atoms with E-state index in [-0.39, 0.29) is 0 Å². The Hall–Kier alpha value is -1.77. The Labute approximate surface area is 81.1 Å². The van der Waals surface area contributed by atoms with Crippen LogP contribution in [0.3, 0.4) is 0 Å². The molecule has 0 aliphatic carbocycles. The van der Waals surface area contributed by atoms with E-state index in [2.05, 4.69) is 16.4 Å². The standard InChI is InChI=1S/C11H10N2O/c14-6-7-5-9-8-3-4-12-10(8)1-2-11(9)13-7/h1-2,5-6,12-13H,3-4H2. The molecule has 0 spiro atoms. The van der Waals surface area contributed by atoms with Crippen LogP contribution in [0.1, 0.15) is 16.1 Å². The highest BCUT2D eigenvalue weighted by Gasteiger charge is 2.14. The van der Waals surface area contributed by atoms with Crippen molar-refractivity contribution in [3.8, 4) is 0 Å². The largest absolute Gasteiger partial charge is 0.384 e. The molecule has 0 saturated heterocycles. The molecule has 1 aromatic carbocycles. The summed E-state index contributed by atoms with van der Waals surface area (Å²) in [6.45, 7) is 0.996. The zero-order chi connectivity index (χ0) is 9.54. The number of aromatic amines is 1. The zero-order valence-electron chi connectivity index (χ0n) is 7.63. The van der Waals surface area contributed by atoms with Crippen LogP contribution in [0, 0.1) is 0 Å². The van der Waals surface area contributed by atoms with E-state index >= 15 is 0 Å². The van der Waals surface area contributed by atoms with Gasteiger partial charge in [0.15, 0.2) is 6.29 Å². The number of H-pyrrole nitrogens is 1. The second-order valence-electron chi connectivity index (χ2n) is 3.57. The fourth-order valence-electron chi connectivity index (χ4n) is 2.11. The number of carbonyl (C=O) groups is 1. The average Bonchev–Trinajstić information content (AvgIpc) is 2.82. The summed E-state index contributed by atoms with van der Waals surface area (Å²) in [5, 5.41) is 4.49. The van der Waals surface area contributed by atoms with Crippen molar-refractivity contribution in [1.29, 1.82) is 0 Å². The van der Waals surface area contributed by atoms with Crippen molar-refractivity contribution in [3.05, 3.63) is 29.5 Å². The Kier molecular flexibility index (Phi) is 1.42. The molecule has 0 atom stereocenters. The van der Waals surface area contributed by atoms with E-state index in [1.54, 1.807) is 0 Å². The van der Waals surface area contributed by atoms with Gasteiger partial charge in [-0.1, -0.05) is 0 Å². The van der Waals surface area contributed by atoms with Gasteiger partial charge in [-0.15, -0.1) is 0 Å². The van der Waals surface area contributed by atoms with Crippen LogP contribution >= 0.6 is 0 Å². The van der Waals surface area contributed by atoms with Crippen molar-refractivity contribution in [3.63, 3.8) is 0 Å². The molecule has 3 nitrogen and oxygen atoms in total. The molecule has 70 valence electrons. The van der Waals surface area contributed by atoms with Crippen LogP contribution in [0.4, 0.5) is 5.69 Å². The number of anilines is 1. The van der Waals surface area contributed by atoms with Gasteiger partial charge in [-0.3, -0.25) is 4.79 Å². The minimum atomic E-state index is 0.653. The Bertz CT molecular complexity index is 513. The van der Waals surface area contributed by atoms with Crippen LogP contribution in [0.2, 0.25) is 0 Å². The maximum Gasteiger partial charge on any atom is 0.166 e. The molecule has 2 heterocycles. The predicted molar refractivity (Wildman–Crippen MR) is 55.9 cm³/mol. The molecule has 14 heavy (non-hydrogen) atoms. The third-order valence-electron chi connectivity index (χ3n) is 2.75.